The number of hydrogen-bond donors (Lipinski definition) is 1. The number of sulfone groups is 1. The number of rotatable bonds is 4. The van der Waals surface area contributed by atoms with Crippen LogP contribution in [0.5, 0.6) is 0 Å². The average molecular weight is 282 g/mol. The maximum atomic E-state index is 11.7. The molecule has 6 heteroatoms. The van der Waals surface area contributed by atoms with Crippen molar-refractivity contribution < 1.29 is 8.42 Å². The summed E-state index contributed by atoms with van der Waals surface area (Å²) in [6.45, 7) is 1.65. The van der Waals surface area contributed by atoms with Gasteiger partial charge in [0.1, 0.15) is 0 Å². The van der Waals surface area contributed by atoms with E-state index in [1.165, 1.54) is 0 Å². The molecule has 16 heavy (non-hydrogen) atoms. The lowest BCUT2D eigenvalue weighted by molar-refractivity contribution is 0.589. The van der Waals surface area contributed by atoms with Crippen LogP contribution in [-0.2, 0) is 15.6 Å². The zero-order valence-electron chi connectivity index (χ0n) is 8.78. The second-order valence-electron chi connectivity index (χ2n) is 3.74. The molecule has 0 aliphatic rings. The Morgan fingerprint density at radius 2 is 2.00 bits per heavy atom. The van der Waals surface area contributed by atoms with Gasteiger partial charge in [-0.05, 0) is 18.6 Å². The van der Waals surface area contributed by atoms with E-state index in [9.17, 15) is 8.42 Å². The zero-order valence-corrected chi connectivity index (χ0v) is 11.1. The molecule has 0 saturated carbocycles. The van der Waals surface area contributed by atoms with Crippen LogP contribution in [0.3, 0.4) is 0 Å². The van der Waals surface area contributed by atoms with Gasteiger partial charge in [0.05, 0.1) is 21.6 Å². The molecule has 2 N–H and O–H groups in total. The second kappa shape index (κ2) is 5.36. The third-order valence-corrected chi connectivity index (χ3v) is 4.57. The SMILES string of the molecule is CC(N)CS(=O)(=O)Cc1cccc(Cl)c1Cl. The van der Waals surface area contributed by atoms with Gasteiger partial charge in [-0.25, -0.2) is 8.42 Å². The van der Waals surface area contributed by atoms with E-state index in [4.69, 9.17) is 28.9 Å². The average Bonchev–Trinajstić information content (AvgIpc) is 2.10. The second-order valence-corrected chi connectivity index (χ2v) is 6.64. The lowest BCUT2D eigenvalue weighted by atomic mass is 10.2. The molecule has 0 aliphatic carbocycles. The molecule has 90 valence electrons. The van der Waals surface area contributed by atoms with Crippen molar-refractivity contribution in [3.8, 4) is 0 Å². The predicted octanol–water partition coefficient (Wildman–Crippen LogP) is 2.26. The first-order valence-corrected chi connectivity index (χ1v) is 7.28. The first kappa shape index (κ1) is 13.8. The largest absolute Gasteiger partial charge is 0.327 e. The van der Waals surface area contributed by atoms with E-state index in [1.807, 2.05) is 0 Å². The highest BCUT2D eigenvalue weighted by atomic mass is 35.5. The zero-order chi connectivity index (χ0) is 12.3. The molecule has 0 saturated heterocycles. The van der Waals surface area contributed by atoms with E-state index in [1.54, 1.807) is 25.1 Å². The number of nitrogens with two attached hydrogens (primary N) is 1. The third kappa shape index (κ3) is 3.94. The molecule has 0 fully saturated rings. The minimum atomic E-state index is -3.24. The molecule has 1 atom stereocenters. The number of benzene rings is 1. The van der Waals surface area contributed by atoms with E-state index in [2.05, 4.69) is 0 Å². The molecule has 0 bridgehead atoms. The van der Waals surface area contributed by atoms with Crippen LogP contribution in [0.15, 0.2) is 18.2 Å². The Morgan fingerprint density at radius 1 is 1.38 bits per heavy atom. The van der Waals surface area contributed by atoms with Gasteiger partial charge in [-0.15, -0.1) is 0 Å². The van der Waals surface area contributed by atoms with Gasteiger partial charge < -0.3 is 5.73 Å². The molecule has 0 aliphatic heterocycles. The molecule has 0 spiro atoms. The van der Waals surface area contributed by atoms with E-state index >= 15 is 0 Å². The van der Waals surface area contributed by atoms with Crippen molar-refractivity contribution in [1.29, 1.82) is 0 Å². The van der Waals surface area contributed by atoms with Crippen molar-refractivity contribution in [1.82, 2.24) is 0 Å². The molecule has 3 nitrogen and oxygen atoms in total. The molecule has 1 aromatic carbocycles. The topological polar surface area (TPSA) is 60.2 Å². The summed E-state index contributed by atoms with van der Waals surface area (Å²) >= 11 is 11.7. The van der Waals surface area contributed by atoms with Gasteiger partial charge in [-0.1, -0.05) is 35.3 Å². The van der Waals surface area contributed by atoms with Crippen LogP contribution >= 0.6 is 23.2 Å². The fourth-order valence-electron chi connectivity index (χ4n) is 1.36. The lowest BCUT2D eigenvalue weighted by Crippen LogP contribution is -2.27. The first-order valence-electron chi connectivity index (χ1n) is 4.71. The summed E-state index contributed by atoms with van der Waals surface area (Å²) < 4.78 is 23.4. The van der Waals surface area contributed by atoms with Crippen molar-refractivity contribution in [3.05, 3.63) is 33.8 Å². The van der Waals surface area contributed by atoms with Crippen LogP contribution in [0.1, 0.15) is 12.5 Å². The van der Waals surface area contributed by atoms with Crippen LogP contribution in [0.25, 0.3) is 0 Å². The molecular weight excluding hydrogens is 269 g/mol. The Balaban J connectivity index is 2.93. The summed E-state index contributed by atoms with van der Waals surface area (Å²) in [6, 6.07) is 4.55. The first-order chi connectivity index (χ1) is 7.32. The highest BCUT2D eigenvalue weighted by Gasteiger charge is 2.16. The van der Waals surface area contributed by atoms with Crippen LogP contribution in [0, 0.1) is 0 Å². The van der Waals surface area contributed by atoms with Crippen molar-refractivity contribution in [2.75, 3.05) is 5.75 Å². The summed E-state index contributed by atoms with van der Waals surface area (Å²) in [4.78, 5) is 0. The normalized spacial score (nSPS) is 13.8. The van der Waals surface area contributed by atoms with Crippen molar-refractivity contribution in [2.45, 2.75) is 18.7 Å². The van der Waals surface area contributed by atoms with Gasteiger partial charge in [0.15, 0.2) is 9.84 Å². The Bertz CT molecular complexity index is 472. The molecular formula is C10H13Cl2NO2S. The Kier molecular flexibility index (Phi) is 4.62. The third-order valence-electron chi connectivity index (χ3n) is 1.92. The molecule has 0 aromatic heterocycles. The molecule has 1 rings (SSSR count). The van der Waals surface area contributed by atoms with Gasteiger partial charge in [0.25, 0.3) is 0 Å². The maximum Gasteiger partial charge on any atom is 0.156 e. The van der Waals surface area contributed by atoms with Crippen LogP contribution < -0.4 is 5.73 Å². The quantitative estimate of drug-likeness (QED) is 0.921. The van der Waals surface area contributed by atoms with E-state index in [0.29, 0.717) is 10.6 Å². The standard InChI is InChI=1S/C10H13Cl2NO2S/c1-7(13)5-16(14,15)6-8-3-2-4-9(11)10(8)12/h2-4,7H,5-6,13H2,1H3. The Hall–Kier alpha value is -0.290. The Morgan fingerprint density at radius 3 is 2.56 bits per heavy atom. The minimum Gasteiger partial charge on any atom is -0.327 e. The summed E-state index contributed by atoms with van der Waals surface area (Å²) in [5.74, 6) is -0.191. The highest BCUT2D eigenvalue weighted by molar-refractivity contribution is 7.90. The lowest BCUT2D eigenvalue weighted by Gasteiger charge is -2.09. The highest BCUT2D eigenvalue weighted by Crippen LogP contribution is 2.26. The van der Waals surface area contributed by atoms with Gasteiger partial charge >= 0.3 is 0 Å². The van der Waals surface area contributed by atoms with Crippen molar-refractivity contribution >= 4 is 33.0 Å². The molecule has 1 aromatic rings. The molecule has 1 unspecified atom stereocenters. The van der Waals surface area contributed by atoms with E-state index < -0.39 is 9.84 Å². The van der Waals surface area contributed by atoms with Gasteiger partial charge in [-0.2, -0.15) is 0 Å². The van der Waals surface area contributed by atoms with Crippen LogP contribution in [0.4, 0.5) is 0 Å². The molecule has 0 heterocycles. The summed E-state index contributed by atoms with van der Waals surface area (Å²) in [5.41, 5.74) is 5.97. The van der Waals surface area contributed by atoms with Gasteiger partial charge in [-0.3, -0.25) is 0 Å². The fraction of sp³-hybridized carbons (Fsp3) is 0.400. The summed E-state index contributed by atoms with van der Waals surface area (Å²) in [6.07, 6.45) is 0. The van der Waals surface area contributed by atoms with Crippen molar-refractivity contribution in [3.63, 3.8) is 0 Å². The predicted molar refractivity (Wildman–Crippen MR) is 67.6 cm³/mol. The fourth-order valence-corrected chi connectivity index (χ4v) is 3.46. The molecule has 0 radical (unpaired) electrons. The smallest absolute Gasteiger partial charge is 0.156 e. The van der Waals surface area contributed by atoms with Crippen LogP contribution in [0.2, 0.25) is 10.0 Å². The minimum absolute atomic E-state index is 0.0597. The monoisotopic (exact) mass is 281 g/mol. The van der Waals surface area contributed by atoms with E-state index in [0.717, 1.165) is 0 Å². The number of halogens is 2. The Labute approximate surface area is 105 Å². The summed E-state index contributed by atoms with van der Waals surface area (Å²) in [7, 11) is -3.24. The van der Waals surface area contributed by atoms with Crippen LogP contribution in [-0.4, -0.2) is 20.2 Å². The van der Waals surface area contributed by atoms with Gasteiger partial charge in [0.2, 0.25) is 0 Å². The number of hydrogen-bond acceptors (Lipinski definition) is 3. The summed E-state index contributed by atoms with van der Waals surface area (Å²) in [5, 5.41) is 0.646. The molecule has 0 amide bonds. The van der Waals surface area contributed by atoms with Crippen molar-refractivity contribution in [2.24, 2.45) is 5.73 Å². The van der Waals surface area contributed by atoms with E-state index in [-0.39, 0.29) is 22.6 Å². The van der Waals surface area contributed by atoms with Gasteiger partial charge in [0, 0.05) is 6.04 Å². The maximum absolute atomic E-state index is 11.7.